The van der Waals surface area contributed by atoms with Gasteiger partial charge in [0.25, 0.3) is 0 Å². The summed E-state index contributed by atoms with van der Waals surface area (Å²) in [5, 5.41) is 4.55. The lowest BCUT2D eigenvalue weighted by Crippen LogP contribution is -2.28. The normalized spacial score (nSPS) is 16.9. The first-order valence-electron chi connectivity index (χ1n) is 6.07. The second kappa shape index (κ2) is 5.20. The summed E-state index contributed by atoms with van der Waals surface area (Å²) in [5.74, 6) is 0.910. The summed E-state index contributed by atoms with van der Waals surface area (Å²) in [6.45, 7) is 1.65. The first kappa shape index (κ1) is 11.9. The molecule has 0 unspecified atom stereocenters. The number of fused-ring (bicyclic) bond motifs is 1. The molecule has 5 heteroatoms. The van der Waals surface area contributed by atoms with Crippen molar-refractivity contribution in [2.75, 3.05) is 18.5 Å². The number of nitrogens with zero attached hydrogens (tertiary/aromatic N) is 2. The maximum Gasteiger partial charge on any atom is 0.137 e. The molecule has 1 aromatic heterocycles. The number of anilines is 1. The van der Waals surface area contributed by atoms with Gasteiger partial charge in [0.15, 0.2) is 0 Å². The number of ether oxygens (including phenoxy) is 1. The van der Waals surface area contributed by atoms with Crippen molar-refractivity contribution in [3.05, 3.63) is 29.0 Å². The van der Waals surface area contributed by atoms with Crippen LogP contribution in [0.4, 0.5) is 5.82 Å². The number of aromatic nitrogens is 2. The molecular weight excluding hydrogens is 294 g/mol. The number of halogens is 1. The van der Waals surface area contributed by atoms with Crippen molar-refractivity contribution >= 4 is 32.7 Å². The van der Waals surface area contributed by atoms with E-state index in [4.69, 9.17) is 4.74 Å². The Morgan fingerprint density at radius 2 is 2.06 bits per heavy atom. The quantitative estimate of drug-likeness (QED) is 0.926. The third-order valence-electron chi connectivity index (χ3n) is 3.16. The van der Waals surface area contributed by atoms with Crippen LogP contribution >= 0.6 is 15.9 Å². The van der Waals surface area contributed by atoms with Crippen LogP contribution < -0.4 is 5.32 Å². The molecule has 1 saturated heterocycles. The van der Waals surface area contributed by atoms with Crippen LogP contribution in [0.25, 0.3) is 10.9 Å². The zero-order valence-corrected chi connectivity index (χ0v) is 11.5. The minimum absolute atomic E-state index is 0.441. The minimum atomic E-state index is 0.441. The number of rotatable bonds is 2. The number of hydrogen-bond donors (Lipinski definition) is 1. The van der Waals surface area contributed by atoms with Crippen molar-refractivity contribution in [2.24, 2.45) is 0 Å². The van der Waals surface area contributed by atoms with E-state index >= 15 is 0 Å². The minimum Gasteiger partial charge on any atom is -0.381 e. The maximum absolute atomic E-state index is 5.36. The van der Waals surface area contributed by atoms with E-state index in [9.17, 15) is 0 Å². The summed E-state index contributed by atoms with van der Waals surface area (Å²) in [6.07, 6.45) is 3.66. The number of benzene rings is 1. The van der Waals surface area contributed by atoms with Gasteiger partial charge in [0, 0.05) is 29.1 Å². The van der Waals surface area contributed by atoms with Gasteiger partial charge in [-0.2, -0.15) is 0 Å². The van der Waals surface area contributed by atoms with Crippen molar-refractivity contribution < 1.29 is 4.74 Å². The summed E-state index contributed by atoms with van der Waals surface area (Å²) >= 11 is 3.49. The smallest absolute Gasteiger partial charge is 0.137 e. The Morgan fingerprint density at radius 1 is 1.22 bits per heavy atom. The molecule has 1 N–H and O–H groups in total. The molecule has 1 aliphatic rings. The van der Waals surface area contributed by atoms with Crippen molar-refractivity contribution in [1.82, 2.24) is 9.97 Å². The molecule has 1 aromatic carbocycles. The van der Waals surface area contributed by atoms with Gasteiger partial charge in [0.05, 0.1) is 5.52 Å². The zero-order chi connectivity index (χ0) is 12.4. The first-order valence-corrected chi connectivity index (χ1v) is 6.87. The molecule has 0 radical (unpaired) electrons. The lowest BCUT2D eigenvalue weighted by Gasteiger charge is -2.24. The van der Waals surface area contributed by atoms with Gasteiger partial charge in [0.1, 0.15) is 12.1 Å². The summed E-state index contributed by atoms with van der Waals surface area (Å²) in [7, 11) is 0. The first-order chi connectivity index (χ1) is 8.83. The van der Waals surface area contributed by atoms with Crippen LogP contribution in [0.5, 0.6) is 0 Å². The zero-order valence-electron chi connectivity index (χ0n) is 9.90. The SMILES string of the molecule is Brc1ccc2ncnc(NC3CCOCC3)c2c1. The Bertz CT molecular complexity index is 555. The molecule has 0 atom stereocenters. The Labute approximate surface area is 114 Å². The van der Waals surface area contributed by atoms with Gasteiger partial charge < -0.3 is 10.1 Å². The Morgan fingerprint density at radius 3 is 2.89 bits per heavy atom. The van der Waals surface area contributed by atoms with Crippen molar-refractivity contribution in [3.8, 4) is 0 Å². The average Bonchev–Trinajstić information content (AvgIpc) is 2.41. The highest BCUT2D eigenvalue weighted by Crippen LogP contribution is 2.24. The highest BCUT2D eigenvalue weighted by atomic mass is 79.9. The second-order valence-electron chi connectivity index (χ2n) is 4.41. The largest absolute Gasteiger partial charge is 0.381 e. The molecular formula is C13H14BrN3O. The number of hydrogen-bond acceptors (Lipinski definition) is 4. The van der Waals surface area contributed by atoms with Crippen LogP contribution in [0.1, 0.15) is 12.8 Å². The molecule has 3 rings (SSSR count). The summed E-state index contributed by atoms with van der Waals surface area (Å²) in [5.41, 5.74) is 0.961. The van der Waals surface area contributed by atoms with E-state index in [-0.39, 0.29) is 0 Å². The van der Waals surface area contributed by atoms with Gasteiger partial charge in [-0.15, -0.1) is 0 Å². The molecule has 2 aromatic rings. The van der Waals surface area contributed by atoms with E-state index in [0.29, 0.717) is 6.04 Å². The van der Waals surface area contributed by atoms with Gasteiger partial charge in [-0.05, 0) is 31.0 Å². The van der Waals surface area contributed by atoms with Crippen LogP contribution in [-0.2, 0) is 4.74 Å². The van der Waals surface area contributed by atoms with E-state index in [0.717, 1.165) is 47.2 Å². The van der Waals surface area contributed by atoms with Gasteiger partial charge in [-0.1, -0.05) is 15.9 Å². The molecule has 1 aliphatic heterocycles. The fourth-order valence-electron chi connectivity index (χ4n) is 2.18. The van der Waals surface area contributed by atoms with Crippen molar-refractivity contribution in [3.63, 3.8) is 0 Å². The van der Waals surface area contributed by atoms with E-state index in [1.165, 1.54) is 0 Å². The molecule has 4 nitrogen and oxygen atoms in total. The Hall–Kier alpha value is -1.20. The van der Waals surface area contributed by atoms with E-state index in [2.05, 4.69) is 37.3 Å². The standard InChI is InChI=1S/C13H14BrN3O/c14-9-1-2-12-11(7-9)13(16-8-15-12)17-10-3-5-18-6-4-10/h1-2,7-8,10H,3-6H2,(H,15,16,17). The third-order valence-corrected chi connectivity index (χ3v) is 3.65. The number of nitrogens with one attached hydrogen (secondary N) is 1. The van der Waals surface area contributed by atoms with Gasteiger partial charge in [-0.25, -0.2) is 9.97 Å². The van der Waals surface area contributed by atoms with Crippen molar-refractivity contribution in [2.45, 2.75) is 18.9 Å². The van der Waals surface area contributed by atoms with Crippen LogP contribution in [0.15, 0.2) is 29.0 Å². The molecule has 0 aliphatic carbocycles. The highest BCUT2D eigenvalue weighted by Gasteiger charge is 2.15. The molecule has 18 heavy (non-hydrogen) atoms. The highest BCUT2D eigenvalue weighted by molar-refractivity contribution is 9.10. The summed E-state index contributed by atoms with van der Waals surface area (Å²) < 4.78 is 6.41. The van der Waals surface area contributed by atoms with Crippen LogP contribution in [0, 0.1) is 0 Å². The molecule has 94 valence electrons. The van der Waals surface area contributed by atoms with Crippen LogP contribution in [0.3, 0.4) is 0 Å². The topological polar surface area (TPSA) is 47.0 Å². The molecule has 0 amide bonds. The van der Waals surface area contributed by atoms with Gasteiger partial charge >= 0.3 is 0 Å². The van der Waals surface area contributed by atoms with Crippen LogP contribution in [0.2, 0.25) is 0 Å². The molecule has 2 heterocycles. The Balaban J connectivity index is 1.92. The van der Waals surface area contributed by atoms with Crippen molar-refractivity contribution in [1.29, 1.82) is 0 Å². The summed E-state index contributed by atoms with van der Waals surface area (Å²) in [6, 6.07) is 6.48. The van der Waals surface area contributed by atoms with E-state index in [1.54, 1.807) is 6.33 Å². The maximum atomic E-state index is 5.36. The second-order valence-corrected chi connectivity index (χ2v) is 5.33. The lowest BCUT2D eigenvalue weighted by atomic mass is 10.1. The summed E-state index contributed by atoms with van der Waals surface area (Å²) in [4.78, 5) is 8.64. The molecule has 0 bridgehead atoms. The molecule has 0 spiro atoms. The van der Waals surface area contributed by atoms with E-state index < -0.39 is 0 Å². The third kappa shape index (κ3) is 2.47. The monoisotopic (exact) mass is 307 g/mol. The van der Waals surface area contributed by atoms with Gasteiger partial charge in [-0.3, -0.25) is 0 Å². The Kier molecular flexibility index (Phi) is 3.43. The average molecular weight is 308 g/mol. The van der Waals surface area contributed by atoms with E-state index in [1.807, 2.05) is 12.1 Å². The predicted molar refractivity (Wildman–Crippen MR) is 74.7 cm³/mol. The fraction of sp³-hybridized carbons (Fsp3) is 0.385. The van der Waals surface area contributed by atoms with Crippen LogP contribution in [-0.4, -0.2) is 29.2 Å². The molecule has 1 fully saturated rings. The van der Waals surface area contributed by atoms with Gasteiger partial charge in [0.2, 0.25) is 0 Å². The lowest BCUT2D eigenvalue weighted by molar-refractivity contribution is 0.0904. The molecule has 0 saturated carbocycles. The predicted octanol–water partition coefficient (Wildman–Crippen LogP) is 2.98. The fourth-order valence-corrected chi connectivity index (χ4v) is 2.54.